The van der Waals surface area contributed by atoms with Crippen molar-refractivity contribution in [1.29, 1.82) is 0 Å². The monoisotopic (exact) mass is 411 g/mol. The van der Waals surface area contributed by atoms with Crippen LogP contribution in [0.15, 0.2) is 71.6 Å². The molecule has 6 heteroatoms. The van der Waals surface area contributed by atoms with Gasteiger partial charge in [0.15, 0.2) is 0 Å². The minimum absolute atomic E-state index is 0.125. The lowest BCUT2D eigenvalue weighted by atomic mass is 9.91. The molecule has 1 aliphatic rings. The number of rotatable bonds is 4. The molecule has 3 aromatic rings. The van der Waals surface area contributed by atoms with Gasteiger partial charge in [0.2, 0.25) is 10.0 Å². The average Bonchev–Trinajstić information content (AvgIpc) is 2.73. The van der Waals surface area contributed by atoms with Crippen LogP contribution in [0.5, 0.6) is 5.75 Å². The zero-order chi connectivity index (χ0) is 20.6. The molecule has 0 aromatic heterocycles. The summed E-state index contributed by atoms with van der Waals surface area (Å²) in [5.41, 5.74) is 3.52. The first-order chi connectivity index (χ1) is 13.9. The molecule has 1 heterocycles. The van der Waals surface area contributed by atoms with E-state index < -0.39 is 10.0 Å². The third kappa shape index (κ3) is 3.78. The largest absolute Gasteiger partial charge is 0.497 e. The Morgan fingerprint density at radius 1 is 0.966 bits per heavy atom. The summed E-state index contributed by atoms with van der Waals surface area (Å²) in [7, 11) is -2.18. The SMILES string of the molecule is COc1ccc(C2Cc3ccc(F)cc3CN2S(=O)(=O)c2ccc(C)cc2)cc1. The molecule has 0 saturated heterocycles. The van der Waals surface area contributed by atoms with E-state index in [1.54, 1.807) is 37.4 Å². The van der Waals surface area contributed by atoms with E-state index in [1.165, 1.54) is 16.4 Å². The molecule has 1 unspecified atom stereocenters. The summed E-state index contributed by atoms with van der Waals surface area (Å²) < 4.78 is 47.5. The van der Waals surface area contributed by atoms with E-state index in [9.17, 15) is 12.8 Å². The van der Waals surface area contributed by atoms with Gasteiger partial charge in [-0.1, -0.05) is 35.9 Å². The fourth-order valence-electron chi connectivity index (χ4n) is 3.74. The summed E-state index contributed by atoms with van der Waals surface area (Å²) in [5, 5.41) is 0. The number of hydrogen-bond donors (Lipinski definition) is 0. The van der Waals surface area contributed by atoms with Crippen molar-refractivity contribution >= 4 is 10.0 Å². The second-order valence-electron chi connectivity index (χ2n) is 7.27. The van der Waals surface area contributed by atoms with E-state index in [-0.39, 0.29) is 23.3 Å². The number of halogens is 1. The molecule has 0 fully saturated rings. The number of ether oxygens (including phenoxy) is 1. The van der Waals surface area contributed by atoms with Gasteiger partial charge in [-0.25, -0.2) is 12.8 Å². The molecular formula is C23H22FNO3S. The molecule has 0 aliphatic carbocycles. The molecule has 0 saturated carbocycles. The quantitative estimate of drug-likeness (QED) is 0.629. The molecule has 1 atom stereocenters. The molecule has 29 heavy (non-hydrogen) atoms. The highest BCUT2D eigenvalue weighted by Crippen LogP contribution is 2.38. The maximum atomic E-state index is 13.8. The molecule has 0 radical (unpaired) electrons. The Bertz CT molecular complexity index is 1130. The molecule has 0 amide bonds. The topological polar surface area (TPSA) is 46.6 Å². The number of benzene rings is 3. The number of fused-ring (bicyclic) bond motifs is 1. The fourth-order valence-corrected chi connectivity index (χ4v) is 5.33. The van der Waals surface area contributed by atoms with E-state index in [0.29, 0.717) is 17.7 Å². The summed E-state index contributed by atoms with van der Waals surface area (Å²) in [4.78, 5) is 0.237. The maximum Gasteiger partial charge on any atom is 0.243 e. The van der Waals surface area contributed by atoms with Gasteiger partial charge in [-0.15, -0.1) is 0 Å². The Labute approximate surface area is 170 Å². The van der Waals surface area contributed by atoms with Crippen LogP contribution < -0.4 is 4.74 Å². The molecule has 0 bridgehead atoms. The van der Waals surface area contributed by atoms with Crippen molar-refractivity contribution in [3.63, 3.8) is 0 Å². The van der Waals surface area contributed by atoms with Crippen LogP contribution in [0.1, 0.15) is 28.3 Å². The van der Waals surface area contributed by atoms with Crippen molar-refractivity contribution in [2.75, 3.05) is 7.11 Å². The standard InChI is InChI=1S/C23H22FNO3S/c1-16-3-11-22(12-4-16)29(26,27)25-15-19-13-20(24)8-5-18(19)14-23(25)17-6-9-21(28-2)10-7-17/h3-13,23H,14-15H2,1-2H3. The van der Waals surface area contributed by atoms with Gasteiger partial charge in [0.1, 0.15) is 11.6 Å². The molecule has 1 aliphatic heterocycles. The van der Waals surface area contributed by atoms with Crippen molar-refractivity contribution in [1.82, 2.24) is 4.31 Å². The van der Waals surface area contributed by atoms with Crippen molar-refractivity contribution in [2.24, 2.45) is 0 Å². The third-order valence-electron chi connectivity index (χ3n) is 5.38. The van der Waals surface area contributed by atoms with Crippen molar-refractivity contribution in [3.05, 3.63) is 94.8 Å². The number of sulfonamides is 1. The van der Waals surface area contributed by atoms with Crippen LogP contribution in [0.2, 0.25) is 0 Å². The molecule has 0 N–H and O–H groups in total. The van der Waals surface area contributed by atoms with E-state index >= 15 is 0 Å². The maximum absolute atomic E-state index is 13.8. The molecule has 150 valence electrons. The molecule has 4 nitrogen and oxygen atoms in total. The van der Waals surface area contributed by atoms with Crippen LogP contribution >= 0.6 is 0 Å². The Hall–Kier alpha value is -2.70. The first-order valence-electron chi connectivity index (χ1n) is 9.38. The van der Waals surface area contributed by atoms with E-state index in [1.807, 2.05) is 31.2 Å². The minimum atomic E-state index is -3.77. The lowest BCUT2D eigenvalue weighted by Crippen LogP contribution is -2.39. The summed E-state index contributed by atoms with van der Waals surface area (Å²) in [6, 6.07) is 18.4. The fraction of sp³-hybridized carbons (Fsp3) is 0.217. The second-order valence-corrected chi connectivity index (χ2v) is 9.16. The van der Waals surface area contributed by atoms with Crippen LogP contribution in [0, 0.1) is 12.7 Å². The minimum Gasteiger partial charge on any atom is -0.497 e. The van der Waals surface area contributed by atoms with Crippen molar-refractivity contribution in [3.8, 4) is 5.75 Å². The number of hydrogen-bond acceptors (Lipinski definition) is 3. The van der Waals surface area contributed by atoms with Gasteiger partial charge in [0.05, 0.1) is 18.0 Å². The predicted octanol–water partition coefficient (Wildman–Crippen LogP) is 4.63. The van der Waals surface area contributed by atoms with Crippen LogP contribution in [0.25, 0.3) is 0 Å². The van der Waals surface area contributed by atoms with Gasteiger partial charge < -0.3 is 4.74 Å². The highest BCUT2D eigenvalue weighted by Gasteiger charge is 2.36. The lowest BCUT2D eigenvalue weighted by Gasteiger charge is -2.36. The van der Waals surface area contributed by atoms with Gasteiger partial charge in [0, 0.05) is 6.54 Å². The van der Waals surface area contributed by atoms with Gasteiger partial charge >= 0.3 is 0 Å². The highest BCUT2D eigenvalue weighted by atomic mass is 32.2. The van der Waals surface area contributed by atoms with Gasteiger partial charge in [-0.2, -0.15) is 4.31 Å². The van der Waals surface area contributed by atoms with Crippen LogP contribution in [0.4, 0.5) is 4.39 Å². The summed E-state index contributed by atoms with van der Waals surface area (Å²) in [6.45, 7) is 2.04. The Morgan fingerprint density at radius 2 is 1.66 bits per heavy atom. The van der Waals surface area contributed by atoms with Crippen molar-refractivity contribution in [2.45, 2.75) is 30.8 Å². The van der Waals surface area contributed by atoms with E-state index in [0.717, 1.165) is 16.7 Å². The second kappa shape index (κ2) is 7.61. The normalized spacial score (nSPS) is 17.0. The van der Waals surface area contributed by atoms with Crippen LogP contribution in [0.3, 0.4) is 0 Å². The van der Waals surface area contributed by atoms with Gasteiger partial charge in [-0.05, 0) is 66.4 Å². The summed E-state index contributed by atoms with van der Waals surface area (Å²) in [5.74, 6) is 0.347. The molecular weight excluding hydrogens is 389 g/mol. The van der Waals surface area contributed by atoms with E-state index in [4.69, 9.17) is 4.74 Å². The summed E-state index contributed by atoms with van der Waals surface area (Å²) >= 11 is 0. The predicted molar refractivity (Wildman–Crippen MR) is 110 cm³/mol. The molecule has 0 spiro atoms. The van der Waals surface area contributed by atoms with Gasteiger partial charge in [0.25, 0.3) is 0 Å². The summed E-state index contributed by atoms with van der Waals surface area (Å²) in [6.07, 6.45) is 0.479. The van der Waals surface area contributed by atoms with Crippen LogP contribution in [-0.4, -0.2) is 19.8 Å². The zero-order valence-corrected chi connectivity index (χ0v) is 17.1. The zero-order valence-electron chi connectivity index (χ0n) is 16.3. The smallest absolute Gasteiger partial charge is 0.243 e. The number of methoxy groups -OCH3 is 1. The van der Waals surface area contributed by atoms with Gasteiger partial charge in [-0.3, -0.25) is 0 Å². The first-order valence-corrected chi connectivity index (χ1v) is 10.8. The molecule has 4 rings (SSSR count). The molecule has 3 aromatic carbocycles. The first kappa shape index (κ1) is 19.6. The third-order valence-corrected chi connectivity index (χ3v) is 7.25. The Balaban J connectivity index is 1.81. The highest BCUT2D eigenvalue weighted by molar-refractivity contribution is 7.89. The van der Waals surface area contributed by atoms with E-state index in [2.05, 4.69) is 0 Å². The van der Waals surface area contributed by atoms with Crippen LogP contribution in [-0.2, 0) is 23.0 Å². The number of nitrogens with zero attached hydrogens (tertiary/aromatic N) is 1. The number of aryl methyl sites for hydroxylation is 1. The average molecular weight is 411 g/mol. The Kier molecular flexibility index (Phi) is 5.15. The Morgan fingerprint density at radius 3 is 2.31 bits per heavy atom. The lowest BCUT2D eigenvalue weighted by molar-refractivity contribution is 0.295. The van der Waals surface area contributed by atoms with Crippen molar-refractivity contribution < 1.29 is 17.5 Å².